The normalized spacial score (nSPS) is 14.0. The standard InChI is InChI=1S/C78H121NO8/c1-6-8-10-12-14-16-18-20-22-24-26-28-30-32-34-36-37-38-39-41-43-45-47-49-51-53-55-57-59-61-63-65-67-69-76(81)87-74(73-86-78(77(82)83)84-71-70-79(3,4)5)72-85-75(80)68-66-64-62-60-58-56-54-52-50-48-46-44-42-40-35-33-31-29-27-25-23-21-19-17-15-13-11-9-7-2/h8-11,14-17,20-23,26-29,32-35,37-38,41-44,47-50,54,56,74,78H,6-7,12-13,18-19,24-25,30-31,36,39-40,45-46,51-53,55,57-73H2,1-5H3/b10-8-,11-9-,16-14-,17-15-,22-20-,23-21-,28-26-,29-27-,34-32-,35-33-,38-37-,43-41-,44-42-,49-47-,50-48-,56-54-. The van der Waals surface area contributed by atoms with Gasteiger partial charge in [0.25, 0.3) is 0 Å². The van der Waals surface area contributed by atoms with Crippen LogP contribution in [0.2, 0.25) is 0 Å². The lowest BCUT2D eigenvalue weighted by molar-refractivity contribution is -0.870. The Balaban J connectivity index is 4.31. The van der Waals surface area contributed by atoms with Gasteiger partial charge in [-0.1, -0.05) is 260 Å². The Hall–Kier alpha value is -5.87. The maximum Gasteiger partial charge on any atom is 0.306 e. The summed E-state index contributed by atoms with van der Waals surface area (Å²) in [6.45, 7) is 4.45. The second-order valence-electron chi connectivity index (χ2n) is 22.6. The molecule has 9 heteroatoms. The average molecular weight is 1200 g/mol. The Morgan fingerprint density at radius 3 is 0.920 bits per heavy atom. The first-order valence-corrected chi connectivity index (χ1v) is 33.6. The largest absolute Gasteiger partial charge is 0.545 e. The number of allylic oxidation sites excluding steroid dienone is 32. The lowest BCUT2D eigenvalue weighted by atomic mass is 10.1. The van der Waals surface area contributed by atoms with Gasteiger partial charge in [-0.25, -0.2) is 0 Å². The molecule has 0 aliphatic carbocycles. The fourth-order valence-electron chi connectivity index (χ4n) is 8.27. The number of hydrogen-bond donors (Lipinski definition) is 0. The zero-order valence-electron chi connectivity index (χ0n) is 55.3. The van der Waals surface area contributed by atoms with Crippen molar-refractivity contribution >= 4 is 17.9 Å². The lowest BCUT2D eigenvalue weighted by Gasteiger charge is -2.26. The van der Waals surface area contributed by atoms with Gasteiger partial charge in [-0.2, -0.15) is 0 Å². The Kier molecular flexibility index (Phi) is 61.6. The van der Waals surface area contributed by atoms with E-state index in [-0.39, 0.29) is 32.7 Å². The molecule has 0 aromatic rings. The van der Waals surface area contributed by atoms with E-state index in [2.05, 4.69) is 208 Å². The van der Waals surface area contributed by atoms with Crippen LogP contribution in [-0.2, 0) is 33.3 Å². The molecule has 0 saturated carbocycles. The van der Waals surface area contributed by atoms with E-state index in [1.165, 1.54) is 25.7 Å². The number of unbranched alkanes of at least 4 members (excludes halogenated alkanes) is 12. The highest BCUT2D eigenvalue weighted by atomic mass is 16.7. The molecule has 0 aromatic carbocycles. The summed E-state index contributed by atoms with van der Waals surface area (Å²) in [7, 11) is 5.90. The van der Waals surface area contributed by atoms with Gasteiger partial charge in [-0.05, 0) is 141 Å². The van der Waals surface area contributed by atoms with Crippen LogP contribution in [0, 0.1) is 0 Å². The molecule has 0 N–H and O–H groups in total. The second kappa shape index (κ2) is 66.1. The minimum atomic E-state index is -1.65. The summed E-state index contributed by atoms with van der Waals surface area (Å²) in [5.41, 5.74) is 0. The Morgan fingerprint density at radius 1 is 0.345 bits per heavy atom. The lowest BCUT2D eigenvalue weighted by Crippen LogP contribution is -2.44. The van der Waals surface area contributed by atoms with Gasteiger partial charge in [0.05, 0.1) is 40.3 Å². The molecule has 0 heterocycles. The molecule has 2 atom stereocenters. The van der Waals surface area contributed by atoms with Gasteiger partial charge in [-0.15, -0.1) is 0 Å². The van der Waals surface area contributed by atoms with Crippen molar-refractivity contribution < 1.29 is 42.9 Å². The third-order valence-corrected chi connectivity index (χ3v) is 13.3. The predicted octanol–water partition coefficient (Wildman–Crippen LogP) is 19.7. The van der Waals surface area contributed by atoms with Crippen LogP contribution in [0.4, 0.5) is 0 Å². The molecule has 0 amide bonds. The smallest absolute Gasteiger partial charge is 0.306 e. The number of quaternary nitrogens is 1. The average Bonchev–Trinajstić information content (AvgIpc) is 3.59. The second-order valence-corrected chi connectivity index (χ2v) is 22.6. The van der Waals surface area contributed by atoms with E-state index in [9.17, 15) is 19.5 Å². The Morgan fingerprint density at radius 2 is 0.621 bits per heavy atom. The van der Waals surface area contributed by atoms with Crippen molar-refractivity contribution in [3.8, 4) is 0 Å². The first kappa shape index (κ1) is 81.1. The van der Waals surface area contributed by atoms with Crippen LogP contribution >= 0.6 is 0 Å². The molecule has 0 bridgehead atoms. The predicted molar refractivity (Wildman–Crippen MR) is 370 cm³/mol. The summed E-state index contributed by atoms with van der Waals surface area (Å²) in [5.74, 6) is -2.35. The molecule has 87 heavy (non-hydrogen) atoms. The van der Waals surface area contributed by atoms with Gasteiger partial charge in [-0.3, -0.25) is 9.59 Å². The van der Waals surface area contributed by atoms with Gasteiger partial charge in [0, 0.05) is 12.8 Å². The molecule has 0 fully saturated rings. The third kappa shape index (κ3) is 67.5. The van der Waals surface area contributed by atoms with Crippen molar-refractivity contribution in [2.75, 3.05) is 47.5 Å². The summed E-state index contributed by atoms with van der Waals surface area (Å²) in [6, 6.07) is 0. The molecule has 486 valence electrons. The minimum Gasteiger partial charge on any atom is -0.545 e. The Labute approximate surface area is 532 Å². The molecule has 0 aliphatic rings. The molecule has 0 radical (unpaired) electrons. The van der Waals surface area contributed by atoms with E-state index in [0.717, 1.165) is 154 Å². The number of rotatable bonds is 59. The number of likely N-dealkylation sites (N-methyl/N-ethyl adjacent to an activating group) is 1. The minimum absolute atomic E-state index is 0.130. The SMILES string of the molecule is CC/C=C\C/C=C\C/C=C\C/C=C\C/C=C\C/C=C\C/C=C\C/C=C\CCCCCCCCCCC(=O)OC(COC(=O)CCCCCC/C=C\C/C=C\C/C=C\C/C=C\C/C=C\C/C=C\C/C=C\C/C=C\CC)COC(OCC[N+](C)(C)C)C(=O)[O-]. The molecular weight excluding hydrogens is 1080 g/mol. The van der Waals surface area contributed by atoms with E-state index in [1.807, 2.05) is 21.1 Å². The Bertz CT molecular complexity index is 2130. The van der Waals surface area contributed by atoms with Crippen LogP contribution in [0.1, 0.15) is 219 Å². The monoisotopic (exact) mass is 1200 g/mol. The summed E-state index contributed by atoms with van der Waals surface area (Å²) in [4.78, 5) is 37.5. The van der Waals surface area contributed by atoms with Crippen molar-refractivity contribution in [2.24, 2.45) is 0 Å². The summed E-state index contributed by atoms with van der Waals surface area (Å²) in [6.07, 6.45) is 99.2. The van der Waals surface area contributed by atoms with E-state index < -0.39 is 30.3 Å². The van der Waals surface area contributed by atoms with Gasteiger partial charge >= 0.3 is 11.9 Å². The zero-order chi connectivity index (χ0) is 63.3. The first-order valence-electron chi connectivity index (χ1n) is 33.6. The van der Waals surface area contributed by atoms with Crippen molar-refractivity contribution in [1.82, 2.24) is 0 Å². The first-order chi connectivity index (χ1) is 42.6. The summed E-state index contributed by atoms with van der Waals surface area (Å²) >= 11 is 0. The van der Waals surface area contributed by atoms with Crippen LogP contribution in [0.25, 0.3) is 0 Å². The molecule has 0 aliphatic heterocycles. The highest BCUT2D eigenvalue weighted by Gasteiger charge is 2.22. The van der Waals surface area contributed by atoms with Crippen molar-refractivity contribution in [1.29, 1.82) is 0 Å². The fraction of sp³-hybridized carbons (Fsp3) is 0.551. The number of carbonyl (C=O) groups is 3. The molecule has 2 unspecified atom stereocenters. The molecule has 0 saturated heterocycles. The van der Waals surface area contributed by atoms with E-state index in [1.54, 1.807) is 0 Å². The van der Waals surface area contributed by atoms with Gasteiger partial charge in [0.15, 0.2) is 12.4 Å². The highest BCUT2D eigenvalue weighted by Crippen LogP contribution is 2.14. The number of carboxylic acid groups (broad SMARTS) is 1. The molecule has 0 rings (SSSR count). The van der Waals surface area contributed by atoms with Gasteiger partial charge in [0.1, 0.15) is 13.2 Å². The number of esters is 2. The van der Waals surface area contributed by atoms with Crippen molar-refractivity contribution in [3.05, 3.63) is 194 Å². The molecule has 0 spiro atoms. The number of hydrogen-bond acceptors (Lipinski definition) is 8. The zero-order valence-corrected chi connectivity index (χ0v) is 55.3. The van der Waals surface area contributed by atoms with E-state index in [4.69, 9.17) is 18.9 Å². The maximum absolute atomic E-state index is 12.9. The van der Waals surface area contributed by atoms with Crippen LogP contribution < -0.4 is 5.11 Å². The molecular formula is C78H121NO8. The topological polar surface area (TPSA) is 111 Å². The van der Waals surface area contributed by atoms with E-state index >= 15 is 0 Å². The van der Waals surface area contributed by atoms with Crippen LogP contribution in [0.3, 0.4) is 0 Å². The molecule has 0 aromatic heterocycles. The number of carboxylic acids is 1. The van der Waals surface area contributed by atoms with Crippen molar-refractivity contribution in [2.45, 2.75) is 232 Å². The quantitative estimate of drug-likeness (QED) is 0.0195. The number of carbonyl (C=O) groups excluding carboxylic acids is 3. The van der Waals surface area contributed by atoms with Crippen LogP contribution in [0.5, 0.6) is 0 Å². The maximum atomic E-state index is 12.9. The number of aliphatic carboxylic acids is 1. The summed E-state index contributed by atoms with van der Waals surface area (Å²) in [5, 5.41) is 11.8. The van der Waals surface area contributed by atoms with Crippen LogP contribution in [-0.4, -0.2) is 82.3 Å². The third-order valence-electron chi connectivity index (χ3n) is 13.3. The number of nitrogens with zero attached hydrogens (tertiary/aromatic N) is 1. The van der Waals surface area contributed by atoms with Crippen LogP contribution in [0.15, 0.2) is 194 Å². The highest BCUT2D eigenvalue weighted by molar-refractivity contribution is 5.70. The van der Waals surface area contributed by atoms with Gasteiger partial charge in [0.2, 0.25) is 0 Å². The van der Waals surface area contributed by atoms with Gasteiger partial charge < -0.3 is 33.3 Å². The number of ether oxygens (including phenoxy) is 4. The fourth-order valence-corrected chi connectivity index (χ4v) is 8.27. The summed E-state index contributed by atoms with van der Waals surface area (Å²) < 4.78 is 22.7. The van der Waals surface area contributed by atoms with E-state index in [0.29, 0.717) is 23.9 Å². The van der Waals surface area contributed by atoms with Crippen molar-refractivity contribution in [3.63, 3.8) is 0 Å². The molecule has 9 nitrogen and oxygen atoms in total.